The van der Waals surface area contributed by atoms with Crippen LogP contribution in [0.2, 0.25) is 0 Å². The number of aliphatic hydroxyl groups is 1. The first-order valence-electron chi connectivity index (χ1n) is 5.08. The van der Waals surface area contributed by atoms with Gasteiger partial charge in [0, 0.05) is 0 Å². The Balaban J connectivity index is 2.16. The smallest absolute Gasteiger partial charge is 0.159 e. The summed E-state index contributed by atoms with van der Waals surface area (Å²) in [7, 11) is 0. The van der Waals surface area contributed by atoms with Crippen LogP contribution in [0.5, 0.6) is 0 Å². The SMILES string of the molecule is CC(O)c1cn(Cc2ccc(F)c(F)c2)nn1. The molecular formula is C11H11F2N3O. The molecule has 0 bridgehead atoms. The first-order chi connectivity index (χ1) is 8.06. The van der Waals surface area contributed by atoms with Crippen molar-refractivity contribution in [3.63, 3.8) is 0 Å². The van der Waals surface area contributed by atoms with Gasteiger partial charge in [0.15, 0.2) is 11.6 Å². The third-order valence-electron chi connectivity index (χ3n) is 2.31. The fourth-order valence-corrected chi connectivity index (χ4v) is 1.41. The molecule has 1 unspecified atom stereocenters. The minimum Gasteiger partial charge on any atom is -0.387 e. The van der Waals surface area contributed by atoms with Crippen LogP contribution in [0.25, 0.3) is 0 Å². The number of rotatable bonds is 3. The summed E-state index contributed by atoms with van der Waals surface area (Å²) in [6, 6.07) is 3.65. The lowest BCUT2D eigenvalue weighted by molar-refractivity contribution is 0.194. The van der Waals surface area contributed by atoms with E-state index in [1.54, 1.807) is 13.1 Å². The van der Waals surface area contributed by atoms with Gasteiger partial charge < -0.3 is 5.11 Å². The van der Waals surface area contributed by atoms with Crippen molar-refractivity contribution in [3.8, 4) is 0 Å². The summed E-state index contributed by atoms with van der Waals surface area (Å²) in [5.41, 5.74) is 1.01. The zero-order valence-corrected chi connectivity index (χ0v) is 9.14. The van der Waals surface area contributed by atoms with Crippen LogP contribution in [-0.4, -0.2) is 20.1 Å². The number of aromatic nitrogens is 3. The summed E-state index contributed by atoms with van der Waals surface area (Å²) in [4.78, 5) is 0. The lowest BCUT2D eigenvalue weighted by Crippen LogP contribution is -2.01. The summed E-state index contributed by atoms with van der Waals surface area (Å²) in [5, 5.41) is 16.8. The molecule has 0 aliphatic heterocycles. The van der Waals surface area contributed by atoms with Gasteiger partial charge in [-0.2, -0.15) is 0 Å². The fourth-order valence-electron chi connectivity index (χ4n) is 1.41. The van der Waals surface area contributed by atoms with E-state index in [2.05, 4.69) is 10.3 Å². The molecule has 0 aliphatic carbocycles. The van der Waals surface area contributed by atoms with Crippen molar-refractivity contribution in [2.75, 3.05) is 0 Å². The maximum Gasteiger partial charge on any atom is 0.159 e. The minimum atomic E-state index is -0.890. The Bertz CT molecular complexity index is 525. The number of aliphatic hydroxyl groups excluding tert-OH is 1. The van der Waals surface area contributed by atoms with Crippen molar-refractivity contribution in [1.82, 2.24) is 15.0 Å². The average molecular weight is 239 g/mol. The molecule has 0 fully saturated rings. The van der Waals surface area contributed by atoms with Gasteiger partial charge in [-0.05, 0) is 24.6 Å². The van der Waals surface area contributed by atoms with Gasteiger partial charge >= 0.3 is 0 Å². The highest BCUT2D eigenvalue weighted by atomic mass is 19.2. The standard InChI is InChI=1S/C11H11F2N3O/c1-7(17)11-6-16(15-14-11)5-8-2-3-9(12)10(13)4-8/h2-4,6-7,17H,5H2,1H3. The molecule has 17 heavy (non-hydrogen) atoms. The predicted molar refractivity (Wildman–Crippen MR) is 56.1 cm³/mol. The Kier molecular flexibility index (Phi) is 3.14. The molecule has 0 aliphatic rings. The van der Waals surface area contributed by atoms with E-state index in [0.717, 1.165) is 12.1 Å². The molecule has 0 amide bonds. The summed E-state index contributed by atoms with van der Waals surface area (Å²) in [6.45, 7) is 1.85. The Hall–Kier alpha value is -1.82. The molecule has 0 spiro atoms. The van der Waals surface area contributed by atoms with E-state index in [0.29, 0.717) is 11.3 Å². The lowest BCUT2D eigenvalue weighted by Gasteiger charge is -2.01. The third kappa shape index (κ3) is 2.65. The molecule has 6 heteroatoms. The maximum atomic E-state index is 13.0. The highest BCUT2D eigenvalue weighted by molar-refractivity contribution is 5.18. The summed E-state index contributed by atoms with van der Waals surface area (Å²) in [5.74, 6) is -1.77. The lowest BCUT2D eigenvalue weighted by atomic mass is 10.2. The molecular weight excluding hydrogens is 228 g/mol. The third-order valence-corrected chi connectivity index (χ3v) is 2.31. The van der Waals surface area contributed by atoms with Crippen LogP contribution in [0.15, 0.2) is 24.4 Å². The Morgan fingerprint density at radius 3 is 2.71 bits per heavy atom. The van der Waals surface area contributed by atoms with Crippen LogP contribution in [0.3, 0.4) is 0 Å². The van der Waals surface area contributed by atoms with Crippen LogP contribution in [0.4, 0.5) is 8.78 Å². The van der Waals surface area contributed by atoms with E-state index in [1.165, 1.54) is 10.7 Å². The molecule has 1 aromatic heterocycles. The molecule has 2 rings (SSSR count). The zero-order chi connectivity index (χ0) is 12.4. The van der Waals surface area contributed by atoms with Gasteiger partial charge in [0.2, 0.25) is 0 Å². The molecule has 0 radical (unpaired) electrons. The van der Waals surface area contributed by atoms with E-state index >= 15 is 0 Å². The topological polar surface area (TPSA) is 50.9 Å². The van der Waals surface area contributed by atoms with E-state index in [-0.39, 0.29) is 6.54 Å². The van der Waals surface area contributed by atoms with E-state index in [4.69, 9.17) is 0 Å². The quantitative estimate of drug-likeness (QED) is 0.886. The number of benzene rings is 1. The van der Waals surface area contributed by atoms with E-state index < -0.39 is 17.7 Å². The van der Waals surface area contributed by atoms with Gasteiger partial charge in [0.25, 0.3) is 0 Å². The molecule has 0 saturated heterocycles. The van der Waals surface area contributed by atoms with Gasteiger partial charge in [-0.15, -0.1) is 5.10 Å². The van der Waals surface area contributed by atoms with Gasteiger partial charge in [-0.3, -0.25) is 0 Å². The number of hydrogen-bond acceptors (Lipinski definition) is 3. The Morgan fingerprint density at radius 2 is 2.12 bits per heavy atom. The van der Waals surface area contributed by atoms with Gasteiger partial charge in [0.05, 0.1) is 18.8 Å². The minimum absolute atomic E-state index is 0.275. The molecule has 1 N–H and O–H groups in total. The number of hydrogen-bond donors (Lipinski definition) is 1. The first-order valence-corrected chi connectivity index (χ1v) is 5.08. The van der Waals surface area contributed by atoms with Crippen molar-refractivity contribution in [1.29, 1.82) is 0 Å². The van der Waals surface area contributed by atoms with Crippen LogP contribution in [0, 0.1) is 11.6 Å². The first kappa shape index (κ1) is 11.7. The van der Waals surface area contributed by atoms with Gasteiger partial charge in [-0.1, -0.05) is 11.3 Å². The van der Waals surface area contributed by atoms with Crippen LogP contribution >= 0.6 is 0 Å². The van der Waals surface area contributed by atoms with Gasteiger partial charge in [-0.25, -0.2) is 13.5 Å². The Morgan fingerprint density at radius 1 is 1.35 bits per heavy atom. The molecule has 1 heterocycles. The van der Waals surface area contributed by atoms with Crippen molar-refractivity contribution in [3.05, 3.63) is 47.3 Å². The molecule has 4 nitrogen and oxygen atoms in total. The van der Waals surface area contributed by atoms with Crippen LogP contribution in [-0.2, 0) is 6.54 Å². The number of nitrogens with zero attached hydrogens (tertiary/aromatic N) is 3. The zero-order valence-electron chi connectivity index (χ0n) is 9.14. The molecule has 1 atom stereocenters. The second-order valence-corrected chi connectivity index (χ2v) is 3.77. The molecule has 0 saturated carbocycles. The van der Waals surface area contributed by atoms with Crippen LogP contribution < -0.4 is 0 Å². The fraction of sp³-hybridized carbons (Fsp3) is 0.273. The van der Waals surface area contributed by atoms with Crippen molar-refractivity contribution in [2.45, 2.75) is 19.6 Å². The monoisotopic (exact) mass is 239 g/mol. The second-order valence-electron chi connectivity index (χ2n) is 3.77. The average Bonchev–Trinajstić information content (AvgIpc) is 2.72. The van der Waals surface area contributed by atoms with Crippen molar-refractivity contribution < 1.29 is 13.9 Å². The van der Waals surface area contributed by atoms with Crippen LogP contribution in [0.1, 0.15) is 24.3 Å². The maximum absolute atomic E-state index is 13.0. The summed E-state index contributed by atoms with van der Waals surface area (Å²) >= 11 is 0. The highest BCUT2D eigenvalue weighted by Crippen LogP contribution is 2.11. The second kappa shape index (κ2) is 4.58. The summed E-state index contributed by atoms with van der Waals surface area (Å²) in [6.07, 6.45) is 0.861. The van der Waals surface area contributed by atoms with Gasteiger partial charge in [0.1, 0.15) is 5.69 Å². The van der Waals surface area contributed by atoms with E-state index in [9.17, 15) is 13.9 Å². The molecule has 1 aromatic carbocycles. The molecule has 90 valence electrons. The summed E-state index contributed by atoms with van der Waals surface area (Å²) < 4.78 is 27.1. The largest absolute Gasteiger partial charge is 0.387 e. The highest BCUT2D eigenvalue weighted by Gasteiger charge is 2.07. The Labute approximate surface area is 96.5 Å². The number of halogens is 2. The van der Waals surface area contributed by atoms with Crippen molar-refractivity contribution in [2.24, 2.45) is 0 Å². The predicted octanol–water partition coefficient (Wildman–Crippen LogP) is 1.66. The molecule has 2 aromatic rings. The van der Waals surface area contributed by atoms with Crippen molar-refractivity contribution >= 4 is 0 Å². The normalized spacial score (nSPS) is 12.7. The van der Waals surface area contributed by atoms with E-state index in [1.807, 2.05) is 0 Å².